The van der Waals surface area contributed by atoms with Crippen LogP contribution in [0.25, 0.3) is 0 Å². The summed E-state index contributed by atoms with van der Waals surface area (Å²) in [5.74, 6) is 0.860. The monoisotopic (exact) mass is 420 g/mol. The van der Waals surface area contributed by atoms with Gasteiger partial charge in [-0.25, -0.2) is 0 Å². The van der Waals surface area contributed by atoms with Crippen LogP contribution in [-0.2, 0) is 16.0 Å². The summed E-state index contributed by atoms with van der Waals surface area (Å²) in [6.45, 7) is 6.13. The SMILES string of the molecule is CCN(CC)C(=O)COc1ccc(CC2CCN(C3CCCCC3)C2=O)c(Cl)c1. The van der Waals surface area contributed by atoms with Gasteiger partial charge in [-0.3, -0.25) is 9.59 Å². The molecule has 1 saturated heterocycles. The van der Waals surface area contributed by atoms with Crippen LogP contribution in [0.2, 0.25) is 5.02 Å². The molecule has 29 heavy (non-hydrogen) atoms. The molecule has 5 nitrogen and oxygen atoms in total. The van der Waals surface area contributed by atoms with E-state index in [1.807, 2.05) is 26.0 Å². The van der Waals surface area contributed by atoms with Crippen molar-refractivity contribution in [1.82, 2.24) is 9.80 Å². The highest BCUT2D eigenvalue weighted by Crippen LogP contribution is 2.32. The maximum atomic E-state index is 12.9. The van der Waals surface area contributed by atoms with Crippen LogP contribution in [-0.4, -0.2) is 53.9 Å². The van der Waals surface area contributed by atoms with E-state index in [0.29, 0.717) is 36.3 Å². The highest BCUT2D eigenvalue weighted by atomic mass is 35.5. The summed E-state index contributed by atoms with van der Waals surface area (Å²) in [6.07, 6.45) is 7.65. The highest BCUT2D eigenvalue weighted by Gasteiger charge is 2.36. The second kappa shape index (κ2) is 10.3. The third-order valence-electron chi connectivity index (χ3n) is 6.34. The first-order chi connectivity index (χ1) is 14.0. The quantitative estimate of drug-likeness (QED) is 0.629. The van der Waals surface area contributed by atoms with Gasteiger partial charge >= 0.3 is 0 Å². The number of nitrogens with zero attached hydrogens (tertiary/aromatic N) is 2. The van der Waals surface area contributed by atoms with Crippen molar-refractivity contribution in [3.63, 3.8) is 0 Å². The number of hydrogen-bond acceptors (Lipinski definition) is 3. The number of likely N-dealkylation sites (tertiary alicyclic amines) is 1. The molecule has 0 N–H and O–H groups in total. The number of benzene rings is 1. The summed E-state index contributed by atoms with van der Waals surface area (Å²) in [7, 11) is 0. The molecule has 0 aromatic heterocycles. The molecule has 1 aromatic rings. The average Bonchev–Trinajstić information content (AvgIpc) is 3.10. The fourth-order valence-electron chi connectivity index (χ4n) is 4.57. The molecule has 1 aromatic carbocycles. The van der Waals surface area contributed by atoms with Gasteiger partial charge in [0.15, 0.2) is 6.61 Å². The Balaban J connectivity index is 1.55. The van der Waals surface area contributed by atoms with Crippen molar-refractivity contribution in [2.45, 2.75) is 64.8 Å². The number of ether oxygens (including phenoxy) is 1. The maximum absolute atomic E-state index is 12.9. The number of carbonyl (C=O) groups is 2. The van der Waals surface area contributed by atoms with Gasteiger partial charge in [-0.1, -0.05) is 36.9 Å². The Bertz CT molecular complexity index is 714. The summed E-state index contributed by atoms with van der Waals surface area (Å²) >= 11 is 6.47. The number of carbonyl (C=O) groups excluding carboxylic acids is 2. The predicted molar refractivity (Wildman–Crippen MR) is 115 cm³/mol. The smallest absolute Gasteiger partial charge is 0.260 e. The van der Waals surface area contributed by atoms with Crippen LogP contribution in [0.15, 0.2) is 18.2 Å². The molecule has 0 radical (unpaired) electrons. The van der Waals surface area contributed by atoms with Crippen molar-refractivity contribution in [2.24, 2.45) is 5.92 Å². The zero-order valence-electron chi connectivity index (χ0n) is 17.7. The Morgan fingerprint density at radius 2 is 1.90 bits per heavy atom. The number of halogens is 1. The van der Waals surface area contributed by atoms with Crippen molar-refractivity contribution in [3.05, 3.63) is 28.8 Å². The molecule has 1 atom stereocenters. The van der Waals surface area contributed by atoms with E-state index in [-0.39, 0.29) is 24.3 Å². The minimum absolute atomic E-state index is 0.00874. The Labute approximate surface area is 179 Å². The molecule has 2 fully saturated rings. The van der Waals surface area contributed by atoms with Crippen molar-refractivity contribution < 1.29 is 14.3 Å². The largest absolute Gasteiger partial charge is 0.484 e. The van der Waals surface area contributed by atoms with Crippen molar-refractivity contribution in [2.75, 3.05) is 26.2 Å². The van der Waals surface area contributed by atoms with Gasteiger partial charge in [-0.15, -0.1) is 0 Å². The Morgan fingerprint density at radius 1 is 1.17 bits per heavy atom. The van der Waals surface area contributed by atoms with E-state index in [0.717, 1.165) is 31.4 Å². The number of rotatable bonds is 8. The van der Waals surface area contributed by atoms with E-state index in [2.05, 4.69) is 4.90 Å². The normalized spacial score (nSPS) is 20.2. The molecule has 0 bridgehead atoms. The van der Waals surface area contributed by atoms with Crippen LogP contribution < -0.4 is 4.74 Å². The molecule has 6 heteroatoms. The van der Waals surface area contributed by atoms with Crippen molar-refractivity contribution in [3.8, 4) is 5.75 Å². The molecule has 1 aliphatic carbocycles. The molecule has 2 amide bonds. The third kappa shape index (κ3) is 5.44. The van der Waals surface area contributed by atoms with Gasteiger partial charge in [0.1, 0.15) is 5.75 Å². The average molecular weight is 421 g/mol. The van der Waals surface area contributed by atoms with Gasteiger partial charge in [0.25, 0.3) is 5.91 Å². The zero-order chi connectivity index (χ0) is 20.8. The van der Waals surface area contributed by atoms with Crippen molar-refractivity contribution >= 4 is 23.4 Å². The van der Waals surface area contributed by atoms with Crippen LogP contribution in [0.3, 0.4) is 0 Å². The van der Waals surface area contributed by atoms with Crippen LogP contribution in [0.4, 0.5) is 0 Å². The second-order valence-electron chi connectivity index (χ2n) is 8.12. The van der Waals surface area contributed by atoms with Gasteiger partial charge in [0.2, 0.25) is 5.91 Å². The molecular formula is C23H33ClN2O3. The molecule has 2 aliphatic rings. The first kappa shape index (κ1) is 21.9. The summed E-state index contributed by atoms with van der Waals surface area (Å²) in [4.78, 5) is 28.8. The van der Waals surface area contributed by atoms with E-state index in [1.165, 1.54) is 19.3 Å². The topological polar surface area (TPSA) is 49.9 Å². The maximum Gasteiger partial charge on any atom is 0.260 e. The van der Waals surface area contributed by atoms with E-state index < -0.39 is 0 Å². The van der Waals surface area contributed by atoms with Crippen LogP contribution in [0.5, 0.6) is 5.75 Å². The molecule has 1 heterocycles. The van der Waals surface area contributed by atoms with E-state index in [4.69, 9.17) is 16.3 Å². The molecule has 3 rings (SSSR count). The summed E-state index contributed by atoms with van der Waals surface area (Å²) in [6, 6.07) is 5.96. The van der Waals surface area contributed by atoms with E-state index in [1.54, 1.807) is 11.0 Å². The fraction of sp³-hybridized carbons (Fsp3) is 0.652. The Morgan fingerprint density at radius 3 is 2.55 bits per heavy atom. The lowest BCUT2D eigenvalue weighted by Crippen LogP contribution is -2.39. The lowest BCUT2D eigenvalue weighted by Gasteiger charge is -2.31. The molecule has 1 saturated carbocycles. The Kier molecular flexibility index (Phi) is 7.82. The second-order valence-corrected chi connectivity index (χ2v) is 8.53. The first-order valence-electron chi connectivity index (χ1n) is 11.0. The molecule has 0 spiro atoms. The predicted octanol–water partition coefficient (Wildman–Crippen LogP) is 4.31. The Hall–Kier alpha value is -1.75. The van der Waals surface area contributed by atoms with Gasteiger partial charge in [0, 0.05) is 36.6 Å². The van der Waals surface area contributed by atoms with E-state index in [9.17, 15) is 9.59 Å². The van der Waals surface area contributed by atoms with Gasteiger partial charge in [-0.05, 0) is 57.2 Å². The minimum atomic E-state index is -0.0328. The van der Waals surface area contributed by atoms with Gasteiger partial charge in [0.05, 0.1) is 0 Å². The van der Waals surface area contributed by atoms with Crippen LogP contribution in [0, 0.1) is 5.92 Å². The van der Waals surface area contributed by atoms with Gasteiger partial charge in [-0.2, -0.15) is 0 Å². The molecular weight excluding hydrogens is 388 g/mol. The number of amides is 2. The lowest BCUT2D eigenvalue weighted by atomic mass is 9.94. The molecule has 160 valence electrons. The molecule has 1 unspecified atom stereocenters. The minimum Gasteiger partial charge on any atom is -0.484 e. The van der Waals surface area contributed by atoms with Gasteiger partial charge < -0.3 is 14.5 Å². The van der Waals surface area contributed by atoms with Crippen molar-refractivity contribution in [1.29, 1.82) is 0 Å². The lowest BCUT2D eigenvalue weighted by molar-refractivity contribution is -0.134. The standard InChI is InChI=1S/C23H33ClN2O3/c1-3-25(4-2)22(27)16-29-20-11-10-17(21(24)15-20)14-18-12-13-26(23(18)28)19-8-6-5-7-9-19/h10-11,15,18-19H,3-9,12-14,16H2,1-2H3. The number of hydrogen-bond donors (Lipinski definition) is 0. The first-order valence-corrected chi connectivity index (χ1v) is 11.4. The summed E-state index contributed by atoms with van der Waals surface area (Å²) in [5, 5.41) is 0.599. The fourth-order valence-corrected chi connectivity index (χ4v) is 4.82. The van der Waals surface area contributed by atoms with Crippen LogP contribution >= 0.6 is 11.6 Å². The summed E-state index contributed by atoms with van der Waals surface area (Å²) < 4.78 is 5.62. The van der Waals surface area contributed by atoms with E-state index >= 15 is 0 Å². The third-order valence-corrected chi connectivity index (χ3v) is 6.69. The zero-order valence-corrected chi connectivity index (χ0v) is 18.4. The highest BCUT2D eigenvalue weighted by molar-refractivity contribution is 6.31. The summed E-state index contributed by atoms with van der Waals surface area (Å²) in [5.41, 5.74) is 0.970. The van der Waals surface area contributed by atoms with Crippen LogP contribution in [0.1, 0.15) is 57.9 Å². The number of likely N-dealkylation sites (N-methyl/N-ethyl adjacent to an activating group) is 1. The molecule has 1 aliphatic heterocycles.